The summed E-state index contributed by atoms with van der Waals surface area (Å²) < 4.78 is 29.5. The number of hydrogen-bond donors (Lipinski definition) is 2. The Morgan fingerprint density at radius 1 is 1.40 bits per heavy atom. The zero-order chi connectivity index (χ0) is 15.2. The Bertz CT molecular complexity index is 552. The molecule has 0 heterocycles. The maximum Gasteiger partial charge on any atom is 0.180 e. The fraction of sp³-hybridized carbons (Fsp3) is 0.462. The fourth-order valence-corrected chi connectivity index (χ4v) is 2.59. The normalized spacial score (nSPS) is 14.2. The average Bonchev–Trinajstić information content (AvgIpc) is 2.46. The number of rotatable bonds is 7. The molecule has 112 valence electrons. The van der Waals surface area contributed by atoms with Gasteiger partial charge in [-0.3, -0.25) is 0 Å². The average molecular weight is 300 g/mol. The third-order valence-corrected chi connectivity index (χ3v) is 4.64. The largest absolute Gasteiger partial charge is 0.409 e. The summed E-state index contributed by atoms with van der Waals surface area (Å²) in [5.41, 5.74) is 5.87. The van der Waals surface area contributed by atoms with Crippen molar-refractivity contribution >= 4 is 15.7 Å². The van der Waals surface area contributed by atoms with Gasteiger partial charge >= 0.3 is 0 Å². The van der Waals surface area contributed by atoms with E-state index in [2.05, 4.69) is 5.16 Å². The standard InChI is InChI=1S/C13H20N2O4S/c1-3-10(2)19-8-9-20(17,18)12-6-4-11(5-7-12)13(14)15-16/h4-7,10,16H,3,8-9H2,1-2H3,(H2,14,15). The molecule has 0 radical (unpaired) electrons. The van der Waals surface area contributed by atoms with Crippen LogP contribution in [0.2, 0.25) is 0 Å². The molecule has 1 rings (SSSR count). The van der Waals surface area contributed by atoms with Crippen molar-refractivity contribution in [1.82, 2.24) is 0 Å². The van der Waals surface area contributed by atoms with E-state index in [-0.39, 0.29) is 29.2 Å². The molecule has 1 unspecified atom stereocenters. The minimum Gasteiger partial charge on any atom is -0.409 e. The van der Waals surface area contributed by atoms with Gasteiger partial charge < -0.3 is 15.7 Å². The van der Waals surface area contributed by atoms with Crippen LogP contribution >= 0.6 is 0 Å². The summed E-state index contributed by atoms with van der Waals surface area (Å²) in [7, 11) is -3.38. The molecule has 0 saturated carbocycles. The summed E-state index contributed by atoms with van der Waals surface area (Å²) in [6.07, 6.45) is 0.891. The van der Waals surface area contributed by atoms with E-state index in [4.69, 9.17) is 15.7 Å². The summed E-state index contributed by atoms with van der Waals surface area (Å²) in [6.45, 7) is 4.04. The van der Waals surface area contributed by atoms with Crippen molar-refractivity contribution in [3.05, 3.63) is 29.8 Å². The molecule has 0 bridgehead atoms. The van der Waals surface area contributed by atoms with Crippen LogP contribution in [0, 0.1) is 0 Å². The third-order valence-electron chi connectivity index (χ3n) is 2.95. The molecule has 7 heteroatoms. The highest BCUT2D eigenvalue weighted by Crippen LogP contribution is 2.13. The maximum atomic E-state index is 12.1. The molecule has 0 aromatic heterocycles. The second kappa shape index (κ2) is 7.25. The van der Waals surface area contributed by atoms with Crippen LogP contribution in [0.25, 0.3) is 0 Å². The smallest absolute Gasteiger partial charge is 0.180 e. The number of nitrogens with zero attached hydrogens (tertiary/aromatic N) is 1. The Kier molecular flexibility index (Phi) is 5.97. The first-order chi connectivity index (χ1) is 9.40. The first-order valence-electron chi connectivity index (χ1n) is 6.33. The topological polar surface area (TPSA) is 102 Å². The molecular formula is C13H20N2O4S. The van der Waals surface area contributed by atoms with E-state index in [1.165, 1.54) is 24.3 Å². The van der Waals surface area contributed by atoms with Crippen molar-refractivity contribution in [2.45, 2.75) is 31.3 Å². The van der Waals surface area contributed by atoms with Crippen LogP contribution in [-0.4, -0.2) is 37.9 Å². The van der Waals surface area contributed by atoms with Crippen molar-refractivity contribution in [2.24, 2.45) is 10.9 Å². The zero-order valence-corrected chi connectivity index (χ0v) is 12.4. The van der Waals surface area contributed by atoms with Gasteiger partial charge in [0.2, 0.25) is 0 Å². The van der Waals surface area contributed by atoms with E-state index in [1.54, 1.807) is 0 Å². The van der Waals surface area contributed by atoms with Crippen molar-refractivity contribution in [1.29, 1.82) is 0 Å². The maximum absolute atomic E-state index is 12.1. The summed E-state index contributed by atoms with van der Waals surface area (Å²) in [5, 5.41) is 11.4. The van der Waals surface area contributed by atoms with E-state index in [1.807, 2.05) is 13.8 Å². The molecule has 0 aliphatic carbocycles. The van der Waals surface area contributed by atoms with Gasteiger partial charge in [0.25, 0.3) is 0 Å². The lowest BCUT2D eigenvalue weighted by atomic mass is 10.2. The van der Waals surface area contributed by atoms with Gasteiger partial charge in [-0.15, -0.1) is 0 Å². The molecule has 1 atom stereocenters. The lowest BCUT2D eigenvalue weighted by Crippen LogP contribution is -2.17. The number of nitrogens with two attached hydrogens (primary N) is 1. The van der Waals surface area contributed by atoms with Gasteiger partial charge in [0.05, 0.1) is 23.4 Å². The van der Waals surface area contributed by atoms with Crippen LogP contribution in [-0.2, 0) is 14.6 Å². The van der Waals surface area contributed by atoms with Crippen molar-refractivity contribution < 1.29 is 18.4 Å². The number of sulfone groups is 1. The van der Waals surface area contributed by atoms with Gasteiger partial charge in [-0.2, -0.15) is 0 Å². The van der Waals surface area contributed by atoms with Crippen molar-refractivity contribution in [2.75, 3.05) is 12.4 Å². The predicted molar refractivity (Wildman–Crippen MR) is 76.7 cm³/mol. The number of ether oxygens (including phenoxy) is 1. The summed E-state index contributed by atoms with van der Waals surface area (Å²) >= 11 is 0. The highest BCUT2D eigenvalue weighted by Gasteiger charge is 2.15. The fourth-order valence-electron chi connectivity index (χ4n) is 1.49. The Labute approximate surface area is 119 Å². The number of amidine groups is 1. The summed E-state index contributed by atoms with van der Waals surface area (Å²) in [6, 6.07) is 5.87. The van der Waals surface area contributed by atoms with Gasteiger partial charge in [-0.1, -0.05) is 12.1 Å². The van der Waals surface area contributed by atoms with Crippen LogP contribution < -0.4 is 5.73 Å². The lowest BCUT2D eigenvalue weighted by molar-refractivity contribution is 0.0752. The van der Waals surface area contributed by atoms with E-state index < -0.39 is 9.84 Å². The minimum absolute atomic E-state index is 0.0492. The summed E-state index contributed by atoms with van der Waals surface area (Å²) in [4.78, 5) is 0.194. The molecular weight excluding hydrogens is 280 g/mol. The van der Waals surface area contributed by atoms with Gasteiger partial charge in [0, 0.05) is 5.56 Å². The lowest BCUT2D eigenvalue weighted by Gasteiger charge is -2.11. The van der Waals surface area contributed by atoms with Crippen LogP contribution in [0.4, 0.5) is 0 Å². The Balaban J connectivity index is 2.73. The first-order valence-corrected chi connectivity index (χ1v) is 7.98. The van der Waals surface area contributed by atoms with Gasteiger partial charge in [-0.05, 0) is 37.6 Å². The predicted octanol–water partition coefficient (Wildman–Crippen LogP) is 1.37. The van der Waals surface area contributed by atoms with Crippen LogP contribution in [0.5, 0.6) is 0 Å². The first kappa shape index (κ1) is 16.5. The van der Waals surface area contributed by atoms with Crippen molar-refractivity contribution in [3.8, 4) is 0 Å². The van der Waals surface area contributed by atoms with E-state index in [0.29, 0.717) is 5.56 Å². The van der Waals surface area contributed by atoms with Gasteiger partial charge in [0.1, 0.15) is 0 Å². The molecule has 0 amide bonds. The molecule has 0 fully saturated rings. The van der Waals surface area contributed by atoms with E-state index in [0.717, 1.165) is 6.42 Å². The summed E-state index contributed by atoms with van der Waals surface area (Å²) in [5.74, 6) is -0.130. The van der Waals surface area contributed by atoms with Gasteiger partial charge in [-0.25, -0.2) is 8.42 Å². The number of hydrogen-bond acceptors (Lipinski definition) is 5. The molecule has 6 nitrogen and oxygen atoms in total. The SMILES string of the molecule is CCC(C)OCCS(=O)(=O)c1ccc(/C(N)=N/O)cc1. The molecule has 0 aliphatic heterocycles. The van der Waals surface area contributed by atoms with Crippen LogP contribution in [0.3, 0.4) is 0 Å². The minimum atomic E-state index is -3.38. The Morgan fingerprint density at radius 3 is 2.50 bits per heavy atom. The third kappa shape index (κ3) is 4.50. The number of benzene rings is 1. The second-order valence-electron chi connectivity index (χ2n) is 4.42. The van der Waals surface area contributed by atoms with Crippen molar-refractivity contribution in [3.63, 3.8) is 0 Å². The highest BCUT2D eigenvalue weighted by molar-refractivity contribution is 7.91. The molecule has 20 heavy (non-hydrogen) atoms. The quantitative estimate of drug-likeness (QED) is 0.343. The highest BCUT2D eigenvalue weighted by atomic mass is 32.2. The Morgan fingerprint density at radius 2 is 2.00 bits per heavy atom. The van der Waals surface area contributed by atoms with Crippen LogP contribution in [0.15, 0.2) is 34.3 Å². The van der Waals surface area contributed by atoms with E-state index >= 15 is 0 Å². The molecule has 1 aromatic rings. The number of oxime groups is 1. The zero-order valence-electron chi connectivity index (χ0n) is 11.6. The van der Waals surface area contributed by atoms with Crippen LogP contribution in [0.1, 0.15) is 25.8 Å². The van der Waals surface area contributed by atoms with Gasteiger partial charge in [0.15, 0.2) is 15.7 Å². The molecule has 3 N–H and O–H groups in total. The molecule has 1 aromatic carbocycles. The monoisotopic (exact) mass is 300 g/mol. The van der Waals surface area contributed by atoms with E-state index in [9.17, 15) is 8.42 Å². The molecule has 0 aliphatic rings. The Hall–Kier alpha value is -1.60. The second-order valence-corrected chi connectivity index (χ2v) is 6.53. The molecule has 0 saturated heterocycles. The molecule has 0 spiro atoms.